The minimum absolute atomic E-state index is 0.123. The third-order valence-electron chi connectivity index (χ3n) is 15.6. The van der Waals surface area contributed by atoms with Gasteiger partial charge in [-0.25, -0.2) is 0 Å². The fourth-order valence-electron chi connectivity index (χ4n) is 13.0. The van der Waals surface area contributed by atoms with E-state index in [1.165, 1.54) is 63.0 Å². The van der Waals surface area contributed by atoms with Crippen molar-refractivity contribution in [2.75, 3.05) is 0 Å². The summed E-state index contributed by atoms with van der Waals surface area (Å²) < 4.78 is 73.4. The Balaban J connectivity index is 1.04. The van der Waals surface area contributed by atoms with Crippen molar-refractivity contribution in [3.8, 4) is 5.75 Å². The summed E-state index contributed by atoms with van der Waals surface area (Å²) in [6.07, 6.45) is 14.8. The highest BCUT2D eigenvalue weighted by Crippen LogP contribution is 2.60. The van der Waals surface area contributed by atoms with Crippen LogP contribution in [0, 0.1) is 42.4 Å². The van der Waals surface area contributed by atoms with Gasteiger partial charge in [0.1, 0.15) is 10.6 Å². The highest BCUT2D eigenvalue weighted by Gasteiger charge is 2.48. The van der Waals surface area contributed by atoms with E-state index in [9.17, 15) is 13.0 Å². The van der Waals surface area contributed by atoms with E-state index >= 15 is 8.42 Å². The minimum Gasteiger partial charge on any atom is -0.379 e. The van der Waals surface area contributed by atoms with Gasteiger partial charge in [0.15, 0.2) is 0 Å². The summed E-state index contributed by atoms with van der Waals surface area (Å²) in [6, 6.07) is 25.9. The molecule has 6 saturated carbocycles. The van der Waals surface area contributed by atoms with E-state index in [0.29, 0.717) is 58.0 Å². The summed E-state index contributed by atoms with van der Waals surface area (Å²) in [5.41, 5.74) is 5.07. The maximum absolute atomic E-state index is 15.3. The summed E-state index contributed by atoms with van der Waals surface area (Å²) in [5.74, 6) is 4.44. The Morgan fingerprint density at radius 2 is 1.24 bits per heavy atom. The van der Waals surface area contributed by atoms with Crippen LogP contribution in [0.3, 0.4) is 0 Å². The van der Waals surface area contributed by atoms with Gasteiger partial charge in [-0.2, -0.15) is 16.8 Å². The lowest BCUT2D eigenvalue weighted by Crippen LogP contribution is -2.23. The lowest BCUT2D eigenvalue weighted by Gasteiger charge is -2.32. The lowest BCUT2D eigenvalue weighted by molar-refractivity contribution is 0.392. The molecule has 0 radical (unpaired) electrons. The first-order valence-electron chi connectivity index (χ1n) is 21.9. The van der Waals surface area contributed by atoms with Crippen LogP contribution in [0.1, 0.15) is 141 Å². The molecule has 6 fully saturated rings. The fraction of sp³-hybridized carbons (Fsp3) is 0.510. The molecule has 306 valence electrons. The van der Waals surface area contributed by atoms with Crippen molar-refractivity contribution in [1.82, 2.24) is 0 Å². The smallest absolute Gasteiger partial charge is 0.339 e. The van der Waals surface area contributed by atoms with E-state index in [1.807, 2.05) is 37.3 Å². The molecular formula is C49H56O6S3. The molecule has 0 aliphatic heterocycles. The van der Waals surface area contributed by atoms with E-state index in [1.54, 1.807) is 24.8 Å². The monoisotopic (exact) mass is 836 g/mol. The molecule has 58 heavy (non-hydrogen) atoms. The summed E-state index contributed by atoms with van der Waals surface area (Å²) >= 11 is 1.66. The zero-order valence-corrected chi connectivity index (χ0v) is 36.1. The van der Waals surface area contributed by atoms with Crippen molar-refractivity contribution >= 4 is 32.0 Å². The maximum atomic E-state index is 15.3. The average Bonchev–Trinajstić information content (AvgIpc) is 4.08. The largest absolute Gasteiger partial charge is 0.379 e. The Bertz CT molecular complexity index is 2400. The number of benzene rings is 4. The second kappa shape index (κ2) is 15.1. The van der Waals surface area contributed by atoms with Gasteiger partial charge in [-0.05, 0) is 200 Å². The van der Waals surface area contributed by atoms with Crippen LogP contribution in [0.15, 0.2) is 98.4 Å². The Hall–Kier alpha value is -3.11. The van der Waals surface area contributed by atoms with Crippen LogP contribution in [0.4, 0.5) is 0 Å². The number of hydrogen-bond acceptors (Lipinski definition) is 6. The first kappa shape index (κ1) is 39.1. The lowest BCUT2D eigenvalue weighted by atomic mass is 9.75. The molecule has 6 aliphatic rings. The van der Waals surface area contributed by atoms with E-state index in [4.69, 9.17) is 4.18 Å². The maximum Gasteiger partial charge on any atom is 0.339 e. The summed E-state index contributed by atoms with van der Waals surface area (Å²) in [4.78, 5) is 2.39. The van der Waals surface area contributed by atoms with Gasteiger partial charge in [0.05, 0.1) is 4.90 Å². The van der Waals surface area contributed by atoms with Crippen LogP contribution < -0.4 is 4.18 Å². The first-order chi connectivity index (χ1) is 27.9. The van der Waals surface area contributed by atoms with Gasteiger partial charge in [0, 0.05) is 9.79 Å². The molecule has 0 amide bonds. The van der Waals surface area contributed by atoms with Crippen molar-refractivity contribution in [2.45, 2.75) is 141 Å². The number of hydrogen-bond donors (Lipinski definition) is 1. The van der Waals surface area contributed by atoms with Crippen molar-refractivity contribution in [1.29, 1.82) is 0 Å². The molecule has 6 aliphatic carbocycles. The second-order valence-electron chi connectivity index (χ2n) is 19.2. The van der Waals surface area contributed by atoms with Crippen LogP contribution in [-0.2, 0) is 26.7 Å². The molecule has 10 rings (SSSR count). The predicted octanol–water partition coefficient (Wildman–Crippen LogP) is 12.2. The van der Waals surface area contributed by atoms with Crippen molar-refractivity contribution in [3.63, 3.8) is 0 Å². The number of rotatable bonds is 12. The van der Waals surface area contributed by atoms with E-state index in [-0.39, 0.29) is 28.4 Å². The quantitative estimate of drug-likeness (QED) is 0.112. The standard InChI is InChI=1S/C49H56O6S3/c1-29(17-31-7-6-10-40(22-31)56-39-8-4-3-5-9-39)41-28-47(30(2)18-48(41)57(50,51)52)55-58(53,54)49-45(43-24-33-12-15-36(43)20-33)26-38(42-23-32-11-14-35(42)19-32)27-46(49)44-25-34-13-16-37(44)21-34/h3-10,18,22,26-29,32-37,42-44H,11-17,19-21,23-25H2,1-2H3,(H,50,51,52)/t29?,32-,33?,34?,35?,36+,37?,42?,43?,44?/m0/s1. The Labute approximate surface area is 349 Å². The third-order valence-corrected chi connectivity index (χ3v) is 18.9. The van der Waals surface area contributed by atoms with Gasteiger partial charge < -0.3 is 4.18 Å². The van der Waals surface area contributed by atoms with Crippen molar-refractivity contribution in [2.24, 2.45) is 35.5 Å². The molecule has 6 nitrogen and oxygen atoms in total. The highest BCUT2D eigenvalue weighted by molar-refractivity contribution is 7.99. The van der Waals surface area contributed by atoms with Crippen LogP contribution in [0.2, 0.25) is 0 Å². The van der Waals surface area contributed by atoms with E-state index in [0.717, 1.165) is 58.1 Å². The van der Waals surface area contributed by atoms with E-state index in [2.05, 4.69) is 36.4 Å². The van der Waals surface area contributed by atoms with Crippen molar-refractivity contribution in [3.05, 3.63) is 112 Å². The molecule has 1 N–H and O–H groups in total. The summed E-state index contributed by atoms with van der Waals surface area (Å²) in [5, 5.41) is 0. The molecule has 8 unspecified atom stereocenters. The SMILES string of the molecule is Cc1cc(S(=O)(=O)O)c(C(C)Cc2cccc(Sc3ccccc3)c2)cc1OS(=O)(=O)c1c(C2CC3CCC2C3)cc(C2C[C@H]3CCC2C3)cc1C1CC2CC[C@@H]1C2. The Morgan fingerprint density at radius 1 is 0.672 bits per heavy atom. The molecular weight excluding hydrogens is 781 g/mol. The molecule has 0 saturated heterocycles. The molecule has 10 atom stereocenters. The minimum atomic E-state index is -4.63. The predicted molar refractivity (Wildman–Crippen MR) is 229 cm³/mol. The summed E-state index contributed by atoms with van der Waals surface area (Å²) in [6.45, 7) is 3.59. The van der Waals surface area contributed by atoms with Gasteiger partial charge in [-0.3, -0.25) is 4.55 Å². The Kier molecular flexibility index (Phi) is 10.2. The molecule has 0 heterocycles. The topological polar surface area (TPSA) is 97.7 Å². The Morgan fingerprint density at radius 3 is 1.78 bits per heavy atom. The number of fused-ring (bicyclic) bond motifs is 6. The van der Waals surface area contributed by atoms with E-state index < -0.39 is 20.2 Å². The fourth-order valence-corrected chi connectivity index (χ4v) is 16.3. The molecule has 4 aromatic carbocycles. The molecule has 4 aromatic rings. The van der Waals surface area contributed by atoms with Gasteiger partial charge in [0.25, 0.3) is 10.1 Å². The average molecular weight is 837 g/mol. The van der Waals surface area contributed by atoms with Crippen LogP contribution in [0.5, 0.6) is 5.75 Å². The molecule has 0 aromatic heterocycles. The van der Waals surface area contributed by atoms with Crippen LogP contribution >= 0.6 is 11.8 Å². The van der Waals surface area contributed by atoms with Crippen LogP contribution in [-0.4, -0.2) is 21.4 Å². The van der Waals surface area contributed by atoms with Crippen molar-refractivity contribution < 1.29 is 25.6 Å². The first-order valence-corrected chi connectivity index (χ1v) is 25.6. The normalized spacial score (nSPS) is 30.4. The van der Waals surface area contributed by atoms with Crippen LogP contribution in [0.25, 0.3) is 0 Å². The van der Waals surface area contributed by atoms with Gasteiger partial charge >= 0.3 is 10.1 Å². The summed E-state index contributed by atoms with van der Waals surface area (Å²) in [7, 11) is -8.98. The third kappa shape index (κ3) is 7.38. The van der Waals surface area contributed by atoms with Gasteiger partial charge in [0.2, 0.25) is 0 Å². The molecule has 9 heteroatoms. The second-order valence-corrected chi connectivity index (χ2v) is 23.2. The van der Waals surface area contributed by atoms with Gasteiger partial charge in [-0.15, -0.1) is 0 Å². The number of aryl methyl sites for hydroxylation is 1. The zero-order chi connectivity index (χ0) is 39.9. The highest BCUT2D eigenvalue weighted by atomic mass is 32.2. The molecule has 0 spiro atoms. The van der Waals surface area contributed by atoms with Gasteiger partial charge in [-0.1, -0.05) is 80.4 Å². The zero-order valence-electron chi connectivity index (χ0n) is 33.7. The molecule has 6 bridgehead atoms.